The zero-order valence-corrected chi connectivity index (χ0v) is 14.7. The molecule has 2 aliphatic rings. The number of hydrogen-bond acceptors (Lipinski definition) is 5. The number of carbonyl (C=O) groups is 1. The van der Waals surface area contributed by atoms with E-state index >= 15 is 0 Å². The van der Waals surface area contributed by atoms with Crippen LogP contribution in [0.5, 0.6) is 0 Å². The lowest BCUT2D eigenvalue weighted by atomic mass is 9.91. The second-order valence-corrected chi connectivity index (χ2v) is 7.07. The summed E-state index contributed by atoms with van der Waals surface area (Å²) in [6.07, 6.45) is -0.0600. The Bertz CT molecular complexity index is 560. The predicted octanol–water partition coefficient (Wildman–Crippen LogP) is 2.45. The summed E-state index contributed by atoms with van der Waals surface area (Å²) in [5.74, 6) is -0.742. The second kappa shape index (κ2) is 7.21. The van der Waals surface area contributed by atoms with Crippen molar-refractivity contribution in [3.8, 4) is 0 Å². The van der Waals surface area contributed by atoms with Gasteiger partial charge in [-0.25, -0.2) is 0 Å². The van der Waals surface area contributed by atoms with Crippen molar-refractivity contribution >= 4 is 5.97 Å². The Labute approximate surface area is 143 Å². The second-order valence-electron chi connectivity index (χ2n) is 7.07. The Morgan fingerprint density at radius 3 is 2.67 bits per heavy atom. The van der Waals surface area contributed by atoms with Gasteiger partial charge < -0.3 is 14.2 Å². The summed E-state index contributed by atoms with van der Waals surface area (Å²) in [4.78, 5) is 14.7. The number of benzene rings is 1. The summed E-state index contributed by atoms with van der Waals surface area (Å²) in [6.45, 7) is 9.00. The van der Waals surface area contributed by atoms with Crippen LogP contribution in [0.15, 0.2) is 30.3 Å². The van der Waals surface area contributed by atoms with Gasteiger partial charge in [0.15, 0.2) is 5.79 Å². The minimum Gasteiger partial charge on any atom is -0.466 e. The number of ether oxygens (including phenoxy) is 3. The zero-order chi connectivity index (χ0) is 17.2. The maximum Gasteiger partial charge on any atom is 0.310 e. The van der Waals surface area contributed by atoms with Crippen LogP contribution in [0.4, 0.5) is 0 Å². The van der Waals surface area contributed by atoms with Crippen molar-refractivity contribution in [2.45, 2.75) is 39.2 Å². The van der Waals surface area contributed by atoms with E-state index in [9.17, 15) is 4.79 Å². The van der Waals surface area contributed by atoms with E-state index in [-0.39, 0.29) is 23.9 Å². The van der Waals surface area contributed by atoms with E-state index in [0.717, 1.165) is 13.1 Å². The first-order valence-corrected chi connectivity index (χ1v) is 8.73. The van der Waals surface area contributed by atoms with Crippen LogP contribution in [0.25, 0.3) is 0 Å². The highest BCUT2D eigenvalue weighted by Gasteiger charge is 2.47. The van der Waals surface area contributed by atoms with Crippen molar-refractivity contribution in [2.75, 3.05) is 26.3 Å². The molecular weight excluding hydrogens is 306 g/mol. The van der Waals surface area contributed by atoms with Gasteiger partial charge in [0.05, 0.1) is 25.2 Å². The topological polar surface area (TPSA) is 48.0 Å². The number of hydrogen-bond donors (Lipinski definition) is 0. The molecule has 2 saturated heterocycles. The molecule has 0 radical (unpaired) electrons. The molecule has 1 aromatic rings. The molecule has 2 fully saturated rings. The zero-order valence-electron chi connectivity index (χ0n) is 14.7. The first kappa shape index (κ1) is 17.4. The highest BCUT2D eigenvalue weighted by atomic mass is 16.7. The molecule has 0 aliphatic carbocycles. The van der Waals surface area contributed by atoms with Crippen LogP contribution in [0.2, 0.25) is 0 Å². The molecule has 0 bridgehead atoms. The van der Waals surface area contributed by atoms with Gasteiger partial charge >= 0.3 is 5.97 Å². The molecule has 0 unspecified atom stereocenters. The van der Waals surface area contributed by atoms with Crippen molar-refractivity contribution in [1.29, 1.82) is 0 Å². The summed E-state index contributed by atoms with van der Waals surface area (Å²) in [6, 6.07) is 10.3. The minimum absolute atomic E-state index is 0.0600. The quantitative estimate of drug-likeness (QED) is 0.775. The summed E-state index contributed by atoms with van der Waals surface area (Å²) in [5, 5.41) is 0. The van der Waals surface area contributed by atoms with E-state index in [0.29, 0.717) is 19.8 Å². The monoisotopic (exact) mass is 333 g/mol. The Kier molecular flexibility index (Phi) is 5.23. The van der Waals surface area contributed by atoms with Crippen molar-refractivity contribution < 1.29 is 19.0 Å². The van der Waals surface area contributed by atoms with Gasteiger partial charge in [0.25, 0.3) is 0 Å². The normalized spacial score (nSPS) is 29.7. The molecule has 0 aromatic heterocycles. The van der Waals surface area contributed by atoms with Crippen LogP contribution >= 0.6 is 0 Å². The van der Waals surface area contributed by atoms with Gasteiger partial charge in [-0.15, -0.1) is 0 Å². The van der Waals surface area contributed by atoms with Gasteiger partial charge in [-0.2, -0.15) is 0 Å². The largest absolute Gasteiger partial charge is 0.466 e. The molecule has 3 rings (SSSR count). The van der Waals surface area contributed by atoms with Crippen molar-refractivity contribution in [3.63, 3.8) is 0 Å². The Morgan fingerprint density at radius 1 is 1.29 bits per heavy atom. The lowest BCUT2D eigenvalue weighted by Gasteiger charge is -2.24. The van der Waals surface area contributed by atoms with Crippen molar-refractivity contribution in [1.82, 2.24) is 4.90 Å². The van der Waals surface area contributed by atoms with Gasteiger partial charge in [0.2, 0.25) is 0 Å². The third-order valence-corrected chi connectivity index (χ3v) is 4.79. The van der Waals surface area contributed by atoms with Crippen molar-refractivity contribution in [3.05, 3.63) is 35.9 Å². The Balaban J connectivity index is 1.71. The molecule has 0 N–H and O–H groups in total. The van der Waals surface area contributed by atoms with E-state index in [4.69, 9.17) is 14.2 Å². The highest BCUT2D eigenvalue weighted by molar-refractivity contribution is 5.73. The molecular formula is C19H27NO4. The average Bonchev–Trinajstić information content (AvgIpc) is 3.12. The van der Waals surface area contributed by atoms with E-state index in [2.05, 4.69) is 17.0 Å². The molecule has 3 atom stereocenters. The minimum atomic E-state index is -0.573. The van der Waals surface area contributed by atoms with Crippen LogP contribution in [0, 0.1) is 11.8 Å². The molecule has 24 heavy (non-hydrogen) atoms. The smallest absolute Gasteiger partial charge is 0.310 e. The summed E-state index contributed by atoms with van der Waals surface area (Å²) in [7, 11) is 0. The fourth-order valence-corrected chi connectivity index (χ4v) is 3.69. The van der Waals surface area contributed by atoms with Gasteiger partial charge in [-0.1, -0.05) is 30.3 Å². The van der Waals surface area contributed by atoms with E-state index in [1.54, 1.807) is 0 Å². The highest BCUT2D eigenvalue weighted by Crippen LogP contribution is 2.35. The SMILES string of the molecule is CCOC(=O)[C@H]1CN(Cc2ccccc2)C[C@@H]1[C@H]1COC(C)(C)O1. The van der Waals surface area contributed by atoms with Gasteiger partial charge in [0, 0.05) is 25.6 Å². The number of rotatable bonds is 5. The molecule has 132 valence electrons. The van der Waals surface area contributed by atoms with Crippen LogP contribution in [0.3, 0.4) is 0 Å². The molecule has 5 nitrogen and oxygen atoms in total. The number of likely N-dealkylation sites (tertiary alicyclic amines) is 1. The van der Waals surface area contributed by atoms with Crippen LogP contribution in [-0.4, -0.2) is 49.1 Å². The first-order valence-electron chi connectivity index (χ1n) is 8.73. The molecule has 0 saturated carbocycles. The lowest BCUT2D eigenvalue weighted by Crippen LogP contribution is -2.35. The fraction of sp³-hybridized carbons (Fsp3) is 0.632. The van der Waals surface area contributed by atoms with Gasteiger partial charge in [-0.3, -0.25) is 9.69 Å². The lowest BCUT2D eigenvalue weighted by molar-refractivity contribution is -0.157. The van der Waals surface area contributed by atoms with Gasteiger partial charge in [-0.05, 0) is 26.3 Å². The van der Waals surface area contributed by atoms with Crippen LogP contribution in [-0.2, 0) is 25.5 Å². The molecule has 5 heteroatoms. The van der Waals surface area contributed by atoms with E-state index in [1.165, 1.54) is 5.56 Å². The van der Waals surface area contributed by atoms with Gasteiger partial charge in [0.1, 0.15) is 0 Å². The fourth-order valence-electron chi connectivity index (χ4n) is 3.69. The summed E-state index contributed by atoms with van der Waals surface area (Å²) >= 11 is 0. The maximum atomic E-state index is 12.4. The first-order chi connectivity index (χ1) is 11.5. The van der Waals surface area contributed by atoms with Crippen LogP contribution < -0.4 is 0 Å². The Morgan fingerprint density at radius 2 is 2.04 bits per heavy atom. The summed E-state index contributed by atoms with van der Waals surface area (Å²) in [5.41, 5.74) is 1.25. The maximum absolute atomic E-state index is 12.4. The molecule has 0 spiro atoms. The summed E-state index contributed by atoms with van der Waals surface area (Å²) < 4.78 is 17.1. The molecule has 1 aromatic carbocycles. The van der Waals surface area contributed by atoms with E-state index in [1.807, 2.05) is 39.0 Å². The molecule has 2 aliphatic heterocycles. The molecule has 2 heterocycles. The number of esters is 1. The molecule has 0 amide bonds. The third kappa shape index (κ3) is 3.97. The third-order valence-electron chi connectivity index (χ3n) is 4.79. The number of carbonyl (C=O) groups excluding carboxylic acids is 1. The standard InChI is InChI=1S/C19H27NO4/c1-4-22-18(21)16-12-20(10-14-8-6-5-7-9-14)11-15(16)17-13-23-19(2,3)24-17/h5-9,15-17H,4,10-13H2,1-3H3/t15-,16-,17+/m0/s1. The van der Waals surface area contributed by atoms with Crippen LogP contribution in [0.1, 0.15) is 26.3 Å². The Hall–Kier alpha value is -1.43. The van der Waals surface area contributed by atoms with E-state index < -0.39 is 5.79 Å². The van der Waals surface area contributed by atoms with Crippen molar-refractivity contribution in [2.24, 2.45) is 11.8 Å². The predicted molar refractivity (Wildman–Crippen MR) is 90.2 cm³/mol. The average molecular weight is 333 g/mol. The number of nitrogens with zero attached hydrogens (tertiary/aromatic N) is 1.